The summed E-state index contributed by atoms with van der Waals surface area (Å²) in [5, 5.41) is 2.83. The molecule has 1 unspecified atom stereocenters. The van der Waals surface area contributed by atoms with Crippen LogP contribution in [0.1, 0.15) is 38.3 Å². The van der Waals surface area contributed by atoms with Crippen LogP contribution in [0.2, 0.25) is 0 Å². The van der Waals surface area contributed by atoms with Crippen LogP contribution in [0.5, 0.6) is 0 Å². The van der Waals surface area contributed by atoms with Crippen LogP contribution in [-0.4, -0.2) is 33.3 Å². The Morgan fingerprint density at radius 3 is 2.71 bits per heavy atom. The van der Waals surface area contributed by atoms with Crippen LogP contribution in [0.25, 0.3) is 0 Å². The van der Waals surface area contributed by atoms with Gasteiger partial charge in [0.2, 0.25) is 11.8 Å². The van der Waals surface area contributed by atoms with Crippen molar-refractivity contribution >= 4 is 27.7 Å². The first-order valence-electron chi connectivity index (χ1n) is 7.26. The van der Waals surface area contributed by atoms with Crippen molar-refractivity contribution in [1.29, 1.82) is 0 Å². The molecule has 1 spiro atoms. The Hall–Kier alpha value is -1.43. The minimum atomic E-state index is -0.668. The van der Waals surface area contributed by atoms with Crippen LogP contribution in [0.15, 0.2) is 22.8 Å². The van der Waals surface area contributed by atoms with E-state index in [1.54, 1.807) is 18.0 Å². The third kappa shape index (κ3) is 2.46. The largest absolute Gasteiger partial charge is 0.343 e. The predicted octanol–water partition coefficient (Wildman–Crippen LogP) is 2.00. The minimum absolute atomic E-state index is 0.00999. The number of hydrogen-bond donors (Lipinski definition) is 1. The molecular formula is C15H18BrN3O2. The summed E-state index contributed by atoms with van der Waals surface area (Å²) in [6.45, 7) is 2.13. The Kier molecular flexibility index (Phi) is 3.73. The Labute approximate surface area is 132 Å². The fourth-order valence-electron chi connectivity index (χ4n) is 3.31. The fraction of sp³-hybridized carbons (Fsp3) is 0.533. The number of carbonyl (C=O) groups is 2. The molecule has 2 aliphatic rings. The summed E-state index contributed by atoms with van der Waals surface area (Å²) in [5.74, 6) is -0.0227. The molecule has 5 nitrogen and oxygen atoms in total. The number of amides is 2. The van der Waals surface area contributed by atoms with Gasteiger partial charge in [-0.2, -0.15) is 0 Å². The number of carbonyl (C=O) groups excluding carboxylic acids is 2. The van der Waals surface area contributed by atoms with Gasteiger partial charge >= 0.3 is 0 Å². The molecule has 0 bridgehead atoms. The van der Waals surface area contributed by atoms with Crippen LogP contribution in [0.3, 0.4) is 0 Å². The van der Waals surface area contributed by atoms with Crippen LogP contribution in [0, 0.1) is 0 Å². The van der Waals surface area contributed by atoms with Gasteiger partial charge in [-0.05, 0) is 47.8 Å². The SMILES string of the molecule is CC1NC(=O)C2(CCCC2)N(Cc2ccc(Br)cn2)C1=O. The predicted molar refractivity (Wildman–Crippen MR) is 81.3 cm³/mol. The zero-order valence-corrected chi connectivity index (χ0v) is 13.5. The standard InChI is InChI=1S/C15H18BrN3O2/c1-10-13(20)19(9-12-5-4-11(16)8-17-12)15(14(21)18-10)6-2-3-7-15/h4-5,8,10H,2-3,6-7,9H2,1H3,(H,18,21). The molecule has 1 aliphatic carbocycles. The molecule has 2 fully saturated rings. The lowest BCUT2D eigenvalue weighted by Crippen LogP contribution is -2.68. The van der Waals surface area contributed by atoms with Gasteiger partial charge in [0.15, 0.2) is 0 Å². The van der Waals surface area contributed by atoms with Crippen LogP contribution >= 0.6 is 15.9 Å². The van der Waals surface area contributed by atoms with Crippen LogP contribution in [-0.2, 0) is 16.1 Å². The maximum absolute atomic E-state index is 12.6. The minimum Gasteiger partial charge on any atom is -0.343 e. The van der Waals surface area contributed by atoms with E-state index in [0.717, 1.165) is 35.8 Å². The highest BCUT2D eigenvalue weighted by atomic mass is 79.9. The zero-order valence-electron chi connectivity index (χ0n) is 11.9. The van der Waals surface area contributed by atoms with Gasteiger partial charge in [-0.3, -0.25) is 14.6 Å². The number of rotatable bonds is 2. The van der Waals surface area contributed by atoms with Gasteiger partial charge in [-0.1, -0.05) is 12.8 Å². The highest BCUT2D eigenvalue weighted by molar-refractivity contribution is 9.10. The number of pyridine rings is 1. The zero-order chi connectivity index (χ0) is 15.0. The Balaban J connectivity index is 1.92. The second-order valence-corrected chi connectivity index (χ2v) is 6.74. The molecule has 6 heteroatoms. The van der Waals surface area contributed by atoms with Crippen molar-refractivity contribution in [2.75, 3.05) is 0 Å². The van der Waals surface area contributed by atoms with E-state index in [0.29, 0.717) is 6.54 Å². The van der Waals surface area contributed by atoms with E-state index in [2.05, 4.69) is 26.2 Å². The smallest absolute Gasteiger partial charge is 0.246 e. The van der Waals surface area contributed by atoms with Gasteiger partial charge in [0.25, 0.3) is 0 Å². The highest BCUT2D eigenvalue weighted by Gasteiger charge is 2.52. The maximum Gasteiger partial charge on any atom is 0.246 e. The van der Waals surface area contributed by atoms with E-state index >= 15 is 0 Å². The van der Waals surface area contributed by atoms with Crippen molar-refractivity contribution in [3.8, 4) is 0 Å². The summed E-state index contributed by atoms with van der Waals surface area (Å²) in [7, 11) is 0. The first kappa shape index (κ1) is 14.5. The molecule has 3 rings (SSSR count). The van der Waals surface area contributed by atoms with Crippen LogP contribution < -0.4 is 5.32 Å². The lowest BCUT2D eigenvalue weighted by atomic mass is 9.89. The third-order valence-corrected chi connectivity index (χ3v) is 4.93. The molecule has 1 aromatic heterocycles. The van der Waals surface area contributed by atoms with E-state index in [1.165, 1.54) is 0 Å². The van der Waals surface area contributed by atoms with Gasteiger partial charge in [0, 0.05) is 10.7 Å². The summed E-state index contributed by atoms with van der Waals surface area (Å²) in [6.07, 6.45) is 5.18. The summed E-state index contributed by atoms with van der Waals surface area (Å²) >= 11 is 3.35. The molecule has 0 aromatic carbocycles. The van der Waals surface area contributed by atoms with Gasteiger partial charge in [-0.25, -0.2) is 0 Å². The quantitative estimate of drug-likeness (QED) is 0.886. The summed E-state index contributed by atoms with van der Waals surface area (Å²) in [5.41, 5.74) is 0.137. The van der Waals surface area contributed by atoms with E-state index in [1.807, 2.05) is 12.1 Å². The van der Waals surface area contributed by atoms with E-state index in [-0.39, 0.29) is 11.8 Å². The Bertz CT molecular complexity index is 567. The summed E-state index contributed by atoms with van der Waals surface area (Å²) < 4.78 is 0.901. The molecule has 1 saturated carbocycles. The van der Waals surface area contributed by atoms with Gasteiger partial charge in [0.1, 0.15) is 11.6 Å². The molecule has 1 aromatic rings. The molecule has 1 N–H and O–H groups in total. The summed E-state index contributed by atoms with van der Waals surface area (Å²) in [4.78, 5) is 31.2. The molecule has 112 valence electrons. The first-order chi connectivity index (χ1) is 10.0. The topological polar surface area (TPSA) is 62.3 Å². The van der Waals surface area contributed by atoms with Gasteiger partial charge in [0.05, 0.1) is 12.2 Å². The monoisotopic (exact) mass is 351 g/mol. The lowest BCUT2D eigenvalue weighted by molar-refractivity contribution is -0.157. The van der Waals surface area contributed by atoms with Crippen molar-refractivity contribution in [3.05, 3.63) is 28.5 Å². The molecule has 1 saturated heterocycles. The van der Waals surface area contributed by atoms with E-state index in [4.69, 9.17) is 0 Å². The van der Waals surface area contributed by atoms with E-state index in [9.17, 15) is 9.59 Å². The van der Waals surface area contributed by atoms with E-state index < -0.39 is 11.6 Å². The molecule has 1 aliphatic heterocycles. The maximum atomic E-state index is 12.6. The average molecular weight is 352 g/mol. The van der Waals surface area contributed by atoms with Crippen molar-refractivity contribution in [1.82, 2.24) is 15.2 Å². The summed E-state index contributed by atoms with van der Waals surface area (Å²) in [6, 6.07) is 3.33. The van der Waals surface area contributed by atoms with Crippen LogP contribution in [0.4, 0.5) is 0 Å². The number of hydrogen-bond acceptors (Lipinski definition) is 3. The Morgan fingerprint density at radius 2 is 2.10 bits per heavy atom. The highest BCUT2D eigenvalue weighted by Crippen LogP contribution is 2.38. The Morgan fingerprint density at radius 1 is 1.38 bits per heavy atom. The molecule has 2 heterocycles. The second-order valence-electron chi connectivity index (χ2n) is 5.83. The average Bonchev–Trinajstić information content (AvgIpc) is 2.95. The number of nitrogens with zero attached hydrogens (tertiary/aromatic N) is 2. The van der Waals surface area contributed by atoms with Crippen molar-refractivity contribution in [3.63, 3.8) is 0 Å². The molecule has 21 heavy (non-hydrogen) atoms. The van der Waals surface area contributed by atoms with Gasteiger partial charge < -0.3 is 10.2 Å². The fourth-order valence-corrected chi connectivity index (χ4v) is 3.54. The number of nitrogens with one attached hydrogen (secondary N) is 1. The number of aromatic nitrogens is 1. The lowest BCUT2D eigenvalue weighted by Gasteiger charge is -2.45. The first-order valence-corrected chi connectivity index (χ1v) is 8.05. The molecular weight excluding hydrogens is 334 g/mol. The third-order valence-electron chi connectivity index (χ3n) is 4.46. The molecule has 2 amide bonds. The van der Waals surface area contributed by atoms with Gasteiger partial charge in [-0.15, -0.1) is 0 Å². The number of piperazine rings is 1. The number of halogens is 1. The molecule has 1 atom stereocenters. The molecule has 0 radical (unpaired) electrons. The van der Waals surface area contributed by atoms with Crippen molar-refractivity contribution in [2.45, 2.75) is 50.7 Å². The van der Waals surface area contributed by atoms with Crippen molar-refractivity contribution < 1.29 is 9.59 Å². The normalized spacial score (nSPS) is 24.5. The second kappa shape index (κ2) is 5.40. The van der Waals surface area contributed by atoms with Crippen molar-refractivity contribution in [2.24, 2.45) is 0 Å².